The van der Waals surface area contributed by atoms with E-state index in [1.807, 2.05) is 6.07 Å². The zero-order valence-corrected chi connectivity index (χ0v) is 12.0. The van der Waals surface area contributed by atoms with Gasteiger partial charge in [0, 0.05) is 18.2 Å². The average molecular weight is 263 g/mol. The van der Waals surface area contributed by atoms with Crippen LogP contribution in [0.1, 0.15) is 44.6 Å². The summed E-state index contributed by atoms with van der Waals surface area (Å²) in [6.45, 7) is 2.95. The third-order valence-corrected chi connectivity index (χ3v) is 4.26. The fourth-order valence-electron chi connectivity index (χ4n) is 2.90. The van der Waals surface area contributed by atoms with Crippen molar-refractivity contribution < 1.29 is 9.84 Å². The van der Waals surface area contributed by atoms with E-state index in [0.29, 0.717) is 18.3 Å². The standard InChI is InChI=1S/C16H25NO2/c1-12(13-6-4-3-5-7-13)17-11-14-10-15(19-2)8-9-16(14)18/h8-10,12-13,17-18H,3-7,11H2,1-2H3. The van der Waals surface area contributed by atoms with Gasteiger partial charge in [0.25, 0.3) is 0 Å². The smallest absolute Gasteiger partial charge is 0.120 e. The zero-order chi connectivity index (χ0) is 13.7. The second kappa shape index (κ2) is 6.80. The lowest BCUT2D eigenvalue weighted by Gasteiger charge is -2.28. The van der Waals surface area contributed by atoms with Crippen LogP contribution in [0.2, 0.25) is 0 Å². The van der Waals surface area contributed by atoms with E-state index >= 15 is 0 Å². The van der Waals surface area contributed by atoms with E-state index in [0.717, 1.165) is 17.2 Å². The Labute approximate surface area is 116 Å². The van der Waals surface area contributed by atoms with E-state index in [2.05, 4.69) is 12.2 Å². The quantitative estimate of drug-likeness (QED) is 0.855. The highest BCUT2D eigenvalue weighted by atomic mass is 16.5. The van der Waals surface area contributed by atoms with Gasteiger partial charge in [-0.05, 0) is 43.9 Å². The van der Waals surface area contributed by atoms with Crippen LogP contribution < -0.4 is 10.1 Å². The van der Waals surface area contributed by atoms with Gasteiger partial charge in [-0.2, -0.15) is 0 Å². The van der Waals surface area contributed by atoms with Crippen LogP contribution in [0.25, 0.3) is 0 Å². The molecule has 0 aromatic heterocycles. The van der Waals surface area contributed by atoms with Gasteiger partial charge in [0.05, 0.1) is 7.11 Å². The SMILES string of the molecule is COc1ccc(O)c(CNC(C)C2CCCCC2)c1. The molecule has 0 aliphatic heterocycles. The number of benzene rings is 1. The van der Waals surface area contributed by atoms with E-state index in [1.54, 1.807) is 19.2 Å². The molecule has 2 N–H and O–H groups in total. The summed E-state index contributed by atoms with van der Waals surface area (Å²) in [5.41, 5.74) is 0.905. The first-order chi connectivity index (χ1) is 9.20. The van der Waals surface area contributed by atoms with Crippen LogP contribution in [0.5, 0.6) is 11.5 Å². The minimum absolute atomic E-state index is 0.337. The van der Waals surface area contributed by atoms with Crippen LogP contribution in [-0.2, 0) is 6.54 Å². The topological polar surface area (TPSA) is 41.5 Å². The molecular weight excluding hydrogens is 238 g/mol. The average Bonchev–Trinajstić information content (AvgIpc) is 2.47. The summed E-state index contributed by atoms with van der Waals surface area (Å²) in [7, 11) is 1.65. The summed E-state index contributed by atoms with van der Waals surface area (Å²) in [6.07, 6.45) is 6.78. The zero-order valence-electron chi connectivity index (χ0n) is 12.0. The van der Waals surface area contributed by atoms with Crippen molar-refractivity contribution in [3.63, 3.8) is 0 Å². The minimum atomic E-state index is 0.337. The number of phenols is 1. The lowest BCUT2D eigenvalue weighted by molar-refractivity contribution is 0.280. The van der Waals surface area contributed by atoms with Crippen molar-refractivity contribution in [2.24, 2.45) is 5.92 Å². The van der Waals surface area contributed by atoms with Gasteiger partial charge in [-0.3, -0.25) is 0 Å². The molecule has 2 rings (SSSR count). The second-order valence-electron chi connectivity index (χ2n) is 5.56. The second-order valence-corrected chi connectivity index (χ2v) is 5.56. The van der Waals surface area contributed by atoms with Crippen molar-refractivity contribution in [2.75, 3.05) is 7.11 Å². The first kappa shape index (κ1) is 14.2. The summed E-state index contributed by atoms with van der Waals surface area (Å²) in [5, 5.41) is 13.4. The molecule has 1 aromatic rings. The molecule has 0 bridgehead atoms. The molecule has 106 valence electrons. The van der Waals surface area contributed by atoms with E-state index in [1.165, 1.54) is 32.1 Å². The molecule has 0 amide bonds. The van der Waals surface area contributed by atoms with Crippen molar-refractivity contribution in [3.8, 4) is 11.5 Å². The fourth-order valence-corrected chi connectivity index (χ4v) is 2.90. The van der Waals surface area contributed by atoms with Gasteiger partial charge >= 0.3 is 0 Å². The predicted octanol–water partition coefficient (Wildman–Crippen LogP) is 3.46. The third-order valence-electron chi connectivity index (χ3n) is 4.26. The Balaban J connectivity index is 1.90. The molecule has 3 heteroatoms. The van der Waals surface area contributed by atoms with Crippen molar-refractivity contribution >= 4 is 0 Å². The van der Waals surface area contributed by atoms with Gasteiger partial charge in [-0.1, -0.05) is 19.3 Å². The van der Waals surface area contributed by atoms with Crippen LogP contribution in [0.3, 0.4) is 0 Å². The lowest BCUT2D eigenvalue weighted by atomic mass is 9.84. The molecule has 19 heavy (non-hydrogen) atoms. The molecule has 0 spiro atoms. The first-order valence-corrected chi connectivity index (χ1v) is 7.30. The molecule has 1 fully saturated rings. The largest absolute Gasteiger partial charge is 0.508 e. The number of hydrogen-bond donors (Lipinski definition) is 2. The Morgan fingerprint density at radius 3 is 2.74 bits per heavy atom. The highest BCUT2D eigenvalue weighted by Crippen LogP contribution is 2.27. The normalized spacial score (nSPS) is 18.2. The summed E-state index contributed by atoms with van der Waals surface area (Å²) in [4.78, 5) is 0. The van der Waals surface area contributed by atoms with Crippen LogP contribution in [0.15, 0.2) is 18.2 Å². The Kier molecular flexibility index (Phi) is 5.08. The highest BCUT2D eigenvalue weighted by molar-refractivity contribution is 5.39. The predicted molar refractivity (Wildman–Crippen MR) is 77.5 cm³/mol. The van der Waals surface area contributed by atoms with Gasteiger partial charge in [-0.15, -0.1) is 0 Å². The molecule has 1 atom stereocenters. The molecular formula is C16H25NO2. The summed E-state index contributed by atoms with van der Waals surface area (Å²) in [5.74, 6) is 1.91. The number of methoxy groups -OCH3 is 1. The molecule has 1 unspecified atom stereocenters. The maximum atomic E-state index is 9.86. The highest BCUT2D eigenvalue weighted by Gasteiger charge is 2.19. The molecule has 0 radical (unpaired) electrons. The third kappa shape index (κ3) is 3.87. The van der Waals surface area contributed by atoms with E-state index in [-0.39, 0.29) is 0 Å². The number of ether oxygens (including phenoxy) is 1. The molecule has 1 aliphatic carbocycles. The first-order valence-electron chi connectivity index (χ1n) is 7.30. The number of phenolic OH excluding ortho intramolecular Hbond substituents is 1. The van der Waals surface area contributed by atoms with Gasteiger partial charge in [0.15, 0.2) is 0 Å². The summed E-state index contributed by atoms with van der Waals surface area (Å²) >= 11 is 0. The van der Waals surface area contributed by atoms with Gasteiger partial charge in [-0.25, -0.2) is 0 Å². The molecule has 1 aromatic carbocycles. The number of nitrogens with one attached hydrogen (secondary N) is 1. The molecule has 1 aliphatic rings. The van der Waals surface area contributed by atoms with Gasteiger partial charge in [0.2, 0.25) is 0 Å². The molecule has 3 nitrogen and oxygen atoms in total. The van der Waals surface area contributed by atoms with Crippen LogP contribution in [0.4, 0.5) is 0 Å². The van der Waals surface area contributed by atoms with Crippen LogP contribution in [-0.4, -0.2) is 18.3 Å². The molecule has 0 saturated heterocycles. The number of rotatable bonds is 5. The van der Waals surface area contributed by atoms with Crippen molar-refractivity contribution in [1.29, 1.82) is 0 Å². The minimum Gasteiger partial charge on any atom is -0.508 e. The van der Waals surface area contributed by atoms with Gasteiger partial charge < -0.3 is 15.2 Å². The Bertz CT molecular complexity index is 400. The van der Waals surface area contributed by atoms with Crippen molar-refractivity contribution in [1.82, 2.24) is 5.32 Å². The summed E-state index contributed by atoms with van der Waals surface area (Å²) < 4.78 is 5.19. The van der Waals surface area contributed by atoms with Gasteiger partial charge in [0.1, 0.15) is 11.5 Å². The van der Waals surface area contributed by atoms with Crippen molar-refractivity contribution in [2.45, 2.75) is 51.6 Å². The van der Waals surface area contributed by atoms with Crippen molar-refractivity contribution in [3.05, 3.63) is 23.8 Å². The fraction of sp³-hybridized carbons (Fsp3) is 0.625. The Hall–Kier alpha value is -1.22. The maximum Gasteiger partial charge on any atom is 0.120 e. The lowest BCUT2D eigenvalue weighted by Crippen LogP contribution is -2.34. The van der Waals surface area contributed by atoms with E-state index in [4.69, 9.17) is 4.74 Å². The Morgan fingerprint density at radius 1 is 1.32 bits per heavy atom. The summed E-state index contributed by atoms with van der Waals surface area (Å²) in [6, 6.07) is 5.88. The number of hydrogen-bond acceptors (Lipinski definition) is 3. The van der Waals surface area contributed by atoms with E-state index in [9.17, 15) is 5.11 Å². The van der Waals surface area contributed by atoms with Crippen LogP contribution >= 0.6 is 0 Å². The molecule has 0 heterocycles. The molecule has 1 saturated carbocycles. The maximum absolute atomic E-state index is 9.86. The Morgan fingerprint density at radius 2 is 2.05 bits per heavy atom. The number of aromatic hydroxyl groups is 1. The van der Waals surface area contributed by atoms with Crippen LogP contribution in [0, 0.1) is 5.92 Å². The monoisotopic (exact) mass is 263 g/mol. The van der Waals surface area contributed by atoms with E-state index < -0.39 is 0 Å².